The minimum Gasteiger partial charge on any atom is -0.494 e. The molecule has 0 N–H and O–H groups in total. The number of hydrogen-bond donors (Lipinski definition) is 0. The van der Waals surface area contributed by atoms with Crippen LogP contribution >= 0.6 is 0 Å². The number of hydrogen-bond acceptors (Lipinski definition) is 3. The molecule has 25 heavy (non-hydrogen) atoms. The van der Waals surface area contributed by atoms with E-state index in [4.69, 9.17) is 4.74 Å². The van der Waals surface area contributed by atoms with Gasteiger partial charge in [-0.25, -0.2) is 0 Å². The number of amides is 2. The molecule has 0 radical (unpaired) electrons. The normalized spacial score (nSPS) is 14.3. The lowest BCUT2D eigenvalue weighted by atomic mass is 10.1. The van der Waals surface area contributed by atoms with Gasteiger partial charge in [0.25, 0.3) is 11.8 Å². The number of ether oxygens (including phenoxy) is 1. The van der Waals surface area contributed by atoms with Crippen molar-refractivity contribution in [1.82, 2.24) is 9.80 Å². The van der Waals surface area contributed by atoms with Crippen molar-refractivity contribution in [3.63, 3.8) is 0 Å². The zero-order chi connectivity index (χ0) is 17.6. The first kappa shape index (κ1) is 17.0. The molecule has 130 valence electrons. The Labute approximate surface area is 147 Å². The summed E-state index contributed by atoms with van der Waals surface area (Å²) in [6, 6.07) is 16.4. The number of carbonyl (C=O) groups is 2. The Bertz CT molecular complexity index is 720. The molecule has 1 heterocycles. The van der Waals surface area contributed by atoms with Gasteiger partial charge in [0, 0.05) is 37.3 Å². The van der Waals surface area contributed by atoms with Crippen molar-refractivity contribution >= 4 is 11.8 Å². The summed E-state index contributed by atoms with van der Waals surface area (Å²) in [6.07, 6.45) is 0. The molecule has 0 aromatic heterocycles. The van der Waals surface area contributed by atoms with E-state index in [-0.39, 0.29) is 11.8 Å². The second kappa shape index (κ2) is 7.83. The molecule has 0 unspecified atom stereocenters. The van der Waals surface area contributed by atoms with Crippen molar-refractivity contribution in [3.8, 4) is 5.75 Å². The number of carbonyl (C=O) groups excluding carboxylic acids is 2. The maximum absolute atomic E-state index is 12.6. The Morgan fingerprint density at radius 3 is 1.76 bits per heavy atom. The smallest absolute Gasteiger partial charge is 0.253 e. The van der Waals surface area contributed by atoms with Crippen molar-refractivity contribution in [2.24, 2.45) is 0 Å². The molecule has 2 aromatic rings. The van der Waals surface area contributed by atoms with E-state index in [1.165, 1.54) is 0 Å². The highest BCUT2D eigenvalue weighted by Crippen LogP contribution is 2.15. The van der Waals surface area contributed by atoms with E-state index in [0.29, 0.717) is 43.9 Å². The molecular weight excluding hydrogens is 316 g/mol. The lowest BCUT2D eigenvalue weighted by molar-refractivity contribution is 0.0535. The van der Waals surface area contributed by atoms with Crippen LogP contribution in [0, 0.1) is 0 Å². The van der Waals surface area contributed by atoms with Gasteiger partial charge >= 0.3 is 0 Å². The molecule has 2 amide bonds. The van der Waals surface area contributed by atoms with Gasteiger partial charge in [0.2, 0.25) is 0 Å². The van der Waals surface area contributed by atoms with Gasteiger partial charge in [0.05, 0.1) is 6.61 Å². The Balaban J connectivity index is 1.58. The zero-order valence-corrected chi connectivity index (χ0v) is 14.4. The molecule has 0 atom stereocenters. The van der Waals surface area contributed by atoms with Gasteiger partial charge in [-0.15, -0.1) is 0 Å². The molecule has 0 saturated carbocycles. The Hall–Kier alpha value is -2.82. The quantitative estimate of drug-likeness (QED) is 0.861. The molecule has 1 aliphatic rings. The van der Waals surface area contributed by atoms with Gasteiger partial charge in [-0.05, 0) is 43.3 Å². The molecule has 1 saturated heterocycles. The standard InChI is InChI=1S/C20H22N2O3/c1-2-25-18-10-8-17(9-11-18)20(24)22-14-12-21(13-15-22)19(23)16-6-4-3-5-7-16/h3-11H,2,12-15H2,1H3. The summed E-state index contributed by atoms with van der Waals surface area (Å²) in [4.78, 5) is 28.6. The van der Waals surface area contributed by atoms with Crippen LogP contribution < -0.4 is 4.74 Å². The van der Waals surface area contributed by atoms with Crippen LogP contribution in [-0.4, -0.2) is 54.4 Å². The summed E-state index contributed by atoms with van der Waals surface area (Å²) in [5, 5.41) is 0. The van der Waals surface area contributed by atoms with Crippen molar-refractivity contribution < 1.29 is 14.3 Å². The number of benzene rings is 2. The number of rotatable bonds is 4. The second-order valence-corrected chi connectivity index (χ2v) is 5.91. The Kier molecular flexibility index (Phi) is 5.33. The van der Waals surface area contributed by atoms with Crippen molar-refractivity contribution in [1.29, 1.82) is 0 Å². The first-order chi connectivity index (χ1) is 12.2. The monoisotopic (exact) mass is 338 g/mol. The van der Waals surface area contributed by atoms with Crippen LogP contribution in [0.25, 0.3) is 0 Å². The summed E-state index contributed by atoms with van der Waals surface area (Å²) < 4.78 is 5.40. The second-order valence-electron chi connectivity index (χ2n) is 5.91. The highest BCUT2D eigenvalue weighted by molar-refractivity contribution is 5.96. The molecular formula is C20H22N2O3. The number of nitrogens with zero attached hydrogens (tertiary/aromatic N) is 2. The minimum absolute atomic E-state index is 0.00476. The fraction of sp³-hybridized carbons (Fsp3) is 0.300. The third-order valence-electron chi connectivity index (χ3n) is 4.29. The molecule has 2 aromatic carbocycles. The van der Waals surface area contributed by atoms with E-state index >= 15 is 0 Å². The Morgan fingerprint density at radius 2 is 1.28 bits per heavy atom. The highest BCUT2D eigenvalue weighted by Gasteiger charge is 2.25. The van der Waals surface area contributed by atoms with E-state index in [9.17, 15) is 9.59 Å². The predicted molar refractivity (Wildman–Crippen MR) is 95.9 cm³/mol. The maximum atomic E-state index is 12.6. The minimum atomic E-state index is -0.00476. The van der Waals surface area contributed by atoms with Gasteiger partial charge in [-0.3, -0.25) is 9.59 Å². The molecule has 5 heteroatoms. The van der Waals surface area contributed by atoms with Crippen LogP contribution in [0.5, 0.6) is 5.75 Å². The average molecular weight is 338 g/mol. The van der Waals surface area contributed by atoms with Crippen LogP contribution in [0.1, 0.15) is 27.6 Å². The van der Waals surface area contributed by atoms with Crippen LogP contribution in [0.4, 0.5) is 0 Å². The first-order valence-corrected chi connectivity index (χ1v) is 8.55. The van der Waals surface area contributed by atoms with E-state index in [0.717, 1.165) is 5.75 Å². The molecule has 0 spiro atoms. The third kappa shape index (κ3) is 3.99. The summed E-state index contributed by atoms with van der Waals surface area (Å²) in [5.41, 5.74) is 1.33. The summed E-state index contributed by atoms with van der Waals surface area (Å²) in [6.45, 7) is 4.72. The van der Waals surface area contributed by atoms with Gasteiger partial charge < -0.3 is 14.5 Å². The van der Waals surface area contributed by atoms with E-state index < -0.39 is 0 Å². The molecule has 5 nitrogen and oxygen atoms in total. The van der Waals surface area contributed by atoms with Crippen LogP contribution in [0.2, 0.25) is 0 Å². The van der Waals surface area contributed by atoms with E-state index in [1.54, 1.807) is 21.9 Å². The fourth-order valence-electron chi connectivity index (χ4n) is 2.92. The van der Waals surface area contributed by atoms with Crippen molar-refractivity contribution in [2.75, 3.05) is 32.8 Å². The summed E-state index contributed by atoms with van der Waals surface area (Å²) >= 11 is 0. The van der Waals surface area contributed by atoms with Gasteiger partial charge in [-0.1, -0.05) is 18.2 Å². The average Bonchev–Trinajstić information content (AvgIpc) is 2.68. The van der Waals surface area contributed by atoms with Crippen molar-refractivity contribution in [2.45, 2.75) is 6.92 Å². The first-order valence-electron chi connectivity index (χ1n) is 8.55. The molecule has 3 rings (SSSR count). The SMILES string of the molecule is CCOc1ccc(C(=O)N2CCN(C(=O)c3ccccc3)CC2)cc1. The van der Waals surface area contributed by atoms with Gasteiger partial charge in [0.15, 0.2) is 0 Å². The Morgan fingerprint density at radius 1 is 0.800 bits per heavy atom. The maximum Gasteiger partial charge on any atom is 0.253 e. The zero-order valence-electron chi connectivity index (χ0n) is 14.4. The van der Waals surface area contributed by atoms with Crippen LogP contribution in [0.15, 0.2) is 54.6 Å². The lowest BCUT2D eigenvalue weighted by Gasteiger charge is -2.34. The molecule has 1 fully saturated rings. The van der Waals surface area contributed by atoms with E-state index in [2.05, 4.69) is 0 Å². The highest BCUT2D eigenvalue weighted by atomic mass is 16.5. The van der Waals surface area contributed by atoms with Crippen molar-refractivity contribution in [3.05, 3.63) is 65.7 Å². The predicted octanol–water partition coefficient (Wildman–Crippen LogP) is 2.68. The topological polar surface area (TPSA) is 49.9 Å². The van der Waals surface area contributed by atoms with E-state index in [1.807, 2.05) is 49.4 Å². The fourth-order valence-corrected chi connectivity index (χ4v) is 2.92. The summed E-state index contributed by atoms with van der Waals surface area (Å²) in [5.74, 6) is 0.779. The van der Waals surface area contributed by atoms with Crippen LogP contribution in [0.3, 0.4) is 0 Å². The number of piperazine rings is 1. The van der Waals surface area contributed by atoms with Crippen LogP contribution in [-0.2, 0) is 0 Å². The largest absolute Gasteiger partial charge is 0.494 e. The summed E-state index contributed by atoms with van der Waals surface area (Å²) in [7, 11) is 0. The molecule has 0 aliphatic carbocycles. The molecule has 1 aliphatic heterocycles. The lowest BCUT2D eigenvalue weighted by Crippen LogP contribution is -2.50. The van der Waals surface area contributed by atoms with Gasteiger partial charge in [-0.2, -0.15) is 0 Å². The third-order valence-corrected chi connectivity index (χ3v) is 4.29. The molecule has 0 bridgehead atoms. The van der Waals surface area contributed by atoms with Gasteiger partial charge in [0.1, 0.15) is 5.75 Å².